The summed E-state index contributed by atoms with van der Waals surface area (Å²) < 4.78 is 4.91. The molecule has 4 heteroatoms. The fourth-order valence-corrected chi connectivity index (χ4v) is 1.51. The zero-order chi connectivity index (χ0) is 11.5. The van der Waals surface area contributed by atoms with Crippen LogP contribution in [0.1, 0.15) is 10.4 Å². The van der Waals surface area contributed by atoms with E-state index in [9.17, 15) is 9.59 Å². The number of hydrogen-bond acceptors (Lipinski definition) is 3. The van der Waals surface area contributed by atoms with Crippen LogP contribution < -0.4 is 0 Å². The van der Waals surface area contributed by atoms with Crippen molar-refractivity contribution < 1.29 is 14.3 Å². The molecule has 82 valence electrons. The lowest BCUT2D eigenvalue weighted by atomic mass is 10.2. The van der Waals surface area contributed by atoms with Crippen molar-refractivity contribution in [2.45, 2.75) is 6.10 Å². The molecule has 0 aromatic heterocycles. The Morgan fingerprint density at radius 1 is 1.44 bits per heavy atom. The van der Waals surface area contributed by atoms with Gasteiger partial charge in [-0.15, -0.1) is 0 Å². The number of ether oxygens (including phenoxy) is 1. The largest absolute Gasteiger partial charge is 0.440 e. The van der Waals surface area contributed by atoms with E-state index < -0.39 is 12.2 Å². The molecule has 2 amide bonds. The molecular formula is C12H11NO3. The third-order valence-electron chi connectivity index (χ3n) is 2.36. The van der Waals surface area contributed by atoms with Crippen molar-refractivity contribution in [1.82, 2.24) is 4.90 Å². The molecule has 1 aromatic carbocycles. The Morgan fingerprint density at radius 3 is 2.69 bits per heavy atom. The first-order chi connectivity index (χ1) is 7.72. The average molecular weight is 217 g/mol. The molecule has 1 atom stereocenters. The molecule has 4 nitrogen and oxygen atoms in total. The molecule has 2 rings (SSSR count). The van der Waals surface area contributed by atoms with Crippen molar-refractivity contribution in [3.8, 4) is 0 Å². The van der Waals surface area contributed by atoms with Crippen molar-refractivity contribution >= 4 is 12.0 Å². The number of rotatable bonds is 2. The van der Waals surface area contributed by atoms with Crippen LogP contribution in [-0.2, 0) is 4.74 Å². The van der Waals surface area contributed by atoms with Gasteiger partial charge in [-0.1, -0.05) is 24.8 Å². The lowest BCUT2D eigenvalue weighted by Gasteiger charge is -2.10. The second kappa shape index (κ2) is 4.18. The summed E-state index contributed by atoms with van der Waals surface area (Å²) in [5.74, 6) is -0.338. The van der Waals surface area contributed by atoms with Crippen LogP contribution in [0.5, 0.6) is 0 Å². The predicted molar refractivity (Wildman–Crippen MR) is 57.9 cm³/mol. The Bertz CT molecular complexity index is 427. The number of hydrogen-bond donors (Lipinski definition) is 0. The first-order valence-electron chi connectivity index (χ1n) is 4.92. The van der Waals surface area contributed by atoms with E-state index >= 15 is 0 Å². The standard InChI is InChI=1S/C12H11NO3/c1-2-10-8-13(12(15)16-10)11(14)9-6-4-3-5-7-9/h2-7,10H,1,8H2. The fraction of sp³-hybridized carbons (Fsp3) is 0.167. The lowest BCUT2D eigenvalue weighted by Crippen LogP contribution is -2.32. The molecule has 0 aliphatic carbocycles. The summed E-state index contributed by atoms with van der Waals surface area (Å²) >= 11 is 0. The Morgan fingerprint density at radius 2 is 2.12 bits per heavy atom. The maximum absolute atomic E-state index is 11.9. The summed E-state index contributed by atoms with van der Waals surface area (Å²) in [5.41, 5.74) is 0.476. The van der Waals surface area contributed by atoms with Gasteiger partial charge in [-0.2, -0.15) is 0 Å². The highest BCUT2D eigenvalue weighted by Gasteiger charge is 2.34. The predicted octanol–water partition coefficient (Wildman–Crippen LogP) is 1.83. The third kappa shape index (κ3) is 1.82. The van der Waals surface area contributed by atoms with Gasteiger partial charge in [-0.25, -0.2) is 9.69 Å². The quantitative estimate of drug-likeness (QED) is 0.710. The summed E-state index contributed by atoms with van der Waals surface area (Å²) in [5, 5.41) is 0. The van der Waals surface area contributed by atoms with E-state index in [2.05, 4.69) is 6.58 Å². The summed E-state index contributed by atoms with van der Waals surface area (Å²) in [6.07, 6.45) is 0.495. The fourth-order valence-electron chi connectivity index (χ4n) is 1.51. The normalized spacial score (nSPS) is 19.4. The minimum absolute atomic E-state index is 0.232. The summed E-state index contributed by atoms with van der Waals surface area (Å²) in [6, 6.07) is 8.64. The van der Waals surface area contributed by atoms with Crippen molar-refractivity contribution in [3.05, 3.63) is 48.6 Å². The molecule has 1 heterocycles. The molecule has 0 radical (unpaired) electrons. The lowest BCUT2D eigenvalue weighted by molar-refractivity contribution is 0.0809. The monoisotopic (exact) mass is 217 g/mol. The zero-order valence-electron chi connectivity index (χ0n) is 8.63. The van der Waals surface area contributed by atoms with E-state index in [1.807, 2.05) is 6.07 Å². The van der Waals surface area contributed by atoms with Crippen LogP contribution in [0, 0.1) is 0 Å². The molecule has 16 heavy (non-hydrogen) atoms. The molecule has 1 fully saturated rings. The molecule has 0 bridgehead atoms. The number of carbonyl (C=O) groups excluding carboxylic acids is 2. The van der Waals surface area contributed by atoms with Crippen molar-refractivity contribution in [2.75, 3.05) is 6.54 Å². The van der Waals surface area contributed by atoms with E-state index in [4.69, 9.17) is 4.74 Å². The van der Waals surface area contributed by atoms with Crippen molar-refractivity contribution in [2.24, 2.45) is 0 Å². The molecule has 1 aliphatic heterocycles. The Balaban J connectivity index is 2.18. The second-order valence-corrected chi connectivity index (χ2v) is 3.44. The molecular weight excluding hydrogens is 206 g/mol. The van der Waals surface area contributed by atoms with Gasteiger partial charge < -0.3 is 4.74 Å². The molecule has 0 spiro atoms. The number of cyclic esters (lactones) is 1. The third-order valence-corrected chi connectivity index (χ3v) is 2.36. The van der Waals surface area contributed by atoms with Crippen LogP contribution in [0.4, 0.5) is 4.79 Å². The Hall–Kier alpha value is -2.10. The van der Waals surface area contributed by atoms with Gasteiger partial charge in [0.1, 0.15) is 6.10 Å². The van der Waals surface area contributed by atoms with E-state index in [-0.39, 0.29) is 12.5 Å². The van der Waals surface area contributed by atoms with Gasteiger partial charge in [0.15, 0.2) is 0 Å². The van der Waals surface area contributed by atoms with Crippen LogP contribution >= 0.6 is 0 Å². The van der Waals surface area contributed by atoms with Crippen LogP contribution in [0.25, 0.3) is 0 Å². The first-order valence-corrected chi connectivity index (χ1v) is 4.92. The number of carbonyl (C=O) groups is 2. The minimum atomic E-state index is -0.612. The van der Waals surface area contributed by atoms with Crippen LogP contribution in [0.2, 0.25) is 0 Å². The molecule has 1 aliphatic rings. The van der Waals surface area contributed by atoms with Crippen LogP contribution in [0.15, 0.2) is 43.0 Å². The van der Waals surface area contributed by atoms with Gasteiger partial charge >= 0.3 is 6.09 Å². The van der Waals surface area contributed by atoms with Gasteiger partial charge in [0.2, 0.25) is 0 Å². The molecule has 1 unspecified atom stereocenters. The van der Waals surface area contributed by atoms with Gasteiger partial charge in [0.25, 0.3) is 5.91 Å². The smallest absolute Gasteiger partial charge is 0.417 e. The van der Waals surface area contributed by atoms with Crippen molar-refractivity contribution in [3.63, 3.8) is 0 Å². The van der Waals surface area contributed by atoms with E-state index in [1.165, 1.54) is 6.08 Å². The van der Waals surface area contributed by atoms with Crippen LogP contribution in [0.3, 0.4) is 0 Å². The first kappa shape index (κ1) is 10.4. The highest BCUT2D eigenvalue weighted by molar-refractivity contribution is 6.03. The van der Waals surface area contributed by atoms with E-state index in [1.54, 1.807) is 24.3 Å². The molecule has 1 saturated heterocycles. The zero-order valence-corrected chi connectivity index (χ0v) is 8.63. The number of benzene rings is 1. The van der Waals surface area contributed by atoms with E-state index in [0.717, 1.165) is 4.90 Å². The van der Waals surface area contributed by atoms with Gasteiger partial charge in [0.05, 0.1) is 6.54 Å². The second-order valence-electron chi connectivity index (χ2n) is 3.44. The Labute approximate surface area is 93.1 Å². The summed E-state index contributed by atoms with van der Waals surface area (Å²) in [6.45, 7) is 3.76. The Kier molecular flexibility index (Phi) is 2.72. The van der Waals surface area contributed by atoms with Gasteiger partial charge in [-0.3, -0.25) is 4.79 Å². The summed E-state index contributed by atoms with van der Waals surface area (Å²) in [4.78, 5) is 24.4. The van der Waals surface area contributed by atoms with Crippen LogP contribution in [-0.4, -0.2) is 29.5 Å². The maximum atomic E-state index is 11.9. The number of amides is 2. The highest BCUT2D eigenvalue weighted by atomic mass is 16.6. The minimum Gasteiger partial charge on any atom is -0.440 e. The number of imide groups is 1. The molecule has 0 saturated carbocycles. The topological polar surface area (TPSA) is 46.6 Å². The highest BCUT2D eigenvalue weighted by Crippen LogP contribution is 2.15. The molecule has 0 N–H and O–H groups in total. The van der Waals surface area contributed by atoms with Crippen molar-refractivity contribution in [1.29, 1.82) is 0 Å². The van der Waals surface area contributed by atoms with Gasteiger partial charge in [-0.05, 0) is 18.2 Å². The van der Waals surface area contributed by atoms with Gasteiger partial charge in [0, 0.05) is 5.56 Å². The SMILES string of the molecule is C=CC1CN(C(=O)c2ccccc2)C(=O)O1. The number of nitrogens with zero attached hydrogens (tertiary/aromatic N) is 1. The maximum Gasteiger partial charge on any atom is 0.417 e. The summed E-state index contributed by atoms with van der Waals surface area (Å²) in [7, 11) is 0. The average Bonchev–Trinajstić information content (AvgIpc) is 2.71. The van der Waals surface area contributed by atoms with E-state index in [0.29, 0.717) is 5.56 Å². The molecule has 1 aromatic rings.